The van der Waals surface area contributed by atoms with E-state index in [2.05, 4.69) is 14.8 Å². The minimum atomic E-state index is -3.16. The molecule has 0 bridgehead atoms. The fourth-order valence-electron chi connectivity index (χ4n) is 2.81. The smallest absolute Gasteiger partial charge is 0.387 e. The zero-order valence-electron chi connectivity index (χ0n) is 15.8. The molecule has 0 aliphatic carbocycles. The maximum Gasteiger partial charge on any atom is 0.387 e. The first-order valence-electron chi connectivity index (χ1n) is 8.50. The van der Waals surface area contributed by atoms with Gasteiger partial charge in [-0.15, -0.1) is 0 Å². The molecule has 0 aromatic carbocycles. The normalized spacial score (nSPS) is 12.1. The van der Waals surface area contributed by atoms with E-state index in [1.54, 1.807) is 6.92 Å². The van der Waals surface area contributed by atoms with Crippen molar-refractivity contribution in [3.8, 4) is 17.0 Å². The number of aromatic nitrogens is 3. The molecule has 2 aromatic heterocycles. The fourth-order valence-corrected chi connectivity index (χ4v) is 2.81. The van der Waals surface area contributed by atoms with Crippen molar-refractivity contribution in [2.45, 2.75) is 53.7 Å². The summed E-state index contributed by atoms with van der Waals surface area (Å²) >= 11 is 0. The van der Waals surface area contributed by atoms with Crippen LogP contribution in [0.15, 0.2) is 12.3 Å². The summed E-state index contributed by atoms with van der Waals surface area (Å²) in [5.74, 6) is -1.54. The van der Waals surface area contributed by atoms with Crippen LogP contribution in [-0.2, 0) is 13.0 Å². The van der Waals surface area contributed by atoms with E-state index < -0.39 is 24.4 Å². The summed E-state index contributed by atoms with van der Waals surface area (Å²) < 4.78 is 58.1. The number of ether oxygens (including phenoxy) is 1. The van der Waals surface area contributed by atoms with E-state index in [9.17, 15) is 27.5 Å². The molecule has 0 aliphatic rings. The van der Waals surface area contributed by atoms with Crippen molar-refractivity contribution >= 4 is 5.97 Å². The third kappa shape index (κ3) is 4.42. The lowest BCUT2D eigenvalue weighted by Gasteiger charge is -2.23. The number of hydrogen-bond acceptors (Lipinski definition) is 4. The van der Waals surface area contributed by atoms with Crippen LogP contribution in [0.1, 0.15) is 42.5 Å². The Morgan fingerprint density at radius 3 is 2.46 bits per heavy atom. The van der Waals surface area contributed by atoms with Gasteiger partial charge in [-0.3, -0.25) is 9.67 Å². The highest BCUT2D eigenvalue weighted by Crippen LogP contribution is 2.36. The first-order chi connectivity index (χ1) is 13.0. The molecular formula is C18H21F4N3O3. The summed E-state index contributed by atoms with van der Waals surface area (Å²) in [4.78, 5) is 15.5. The van der Waals surface area contributed by atoms with Crippen LogP contribution >= 0.6 is 0 Å². The van der Waals surface area contributed by atoms with Crippen molar-refractivity contribution in [1.29, 1.82) is 0 Å². The maximum absolute atomic E-state index is 13.1. The number of carboxylic acids is 1. The molecule has 6 nitrogen and oxygen atoms in total. The molecule has 2 rings (SSSR count). The maximum atomic E-state index is 13.1. The lowest BCUT2D eigenvalue weighted by atomic mass is 9.88. The molecule has 154 valence electrons. The number of pyridine rings is 1. The van der Waals surface area contributed by atoms with Gasteiger partial charge in [-0.25, -0.2) is 13.6 Å². The van der Waals surface area contributed by atoms with Crippen LogP contribution in [0.25, 0.3) is 11.3 Å². The molecule has 2 aromatic rings. The van der Waals surface area contributed by atoms with Crippen LogP contribution in [0.2, 0.25) is 0 Å². The van der Waals surface area contributed by atoms with E-state index in [1.807, 2.05) is 0 Å². The summed E-state index contributed by atoms with van der Waals surface area (Å²) in [6.45, 7) is 3.01. The van der Waals surface area contributed by atoms with Crippen LogP contribution in [0.5, 0.6) is 5.75 Å². The SMILES string of the molecule is CCn1nc(C(=O)O)c(C)c1-c1cnc(CC(C)(C)C(F)F)cc1OC(F)F. The van der Waals surface area contributed by atoms with Crippen molar-refractivity contribution in [3.63, 3.8) is 0 Å². The number of carboxylic acid groups (broad SMARTS) is 1. The van der Waals surface area contributed by atoms with Crippen molar-refractivity contribution in [1.82, 2.24) is 14.8 Å². The van der Waals surface area contributed by atoms with Crippen molar-refractivity contribution < 1.29 is 32.2 Å². The van der Waals surface area contributed by atoms with Gasteiger partial charge in [0, 0.05) is 41.9 Å². The summed E-state index contributed by atoms with van der Waals surface area (Å²) in [6, 6.07) is 1.18. The highest BCUT2D eigenvalue weighted by atomic mass is 19.3. The standard InChI is InChI=1S/C18H21F4N3O3/c1-5-25-14(9(2)13(24-25)15(26)27)11-8-23-10(6-12(11)28-17(21)22)7-18(3,4)16(19)20/h6,8,16-17H,5,7H2,1-4H3,(H,26,27). The highest BCUT2D eigenvalue weighted by Gasteiger charge is 2.31. The third-order valence-electron chi connectivity index (χ3n) is 4.31. The number of halogens is 4. The van der Waals surface area contributed by atoms with E-state index >= 15 is 0 Å². The van der Waals surface area contributed by atoms with Gasteiger partial charge in [-0.05, 0) is 13.8 Å². The molecule has 1 N–H and O–H groups in total. The molecule has 0 saturated carbocycles. The molecule has 0 aliphatic heterocycles. The zero-order chi connectivity index (χ0) is 21.2. The Morgan fingerprint density at radius 2 is 1.96 bits per heavy atom. The van der Waals surface area contributed by atoms with Gasteiger partial charge in [-0.1, -0.05) is 13.8 Å². The molecule has 0 unspecified atom stereocenters. The minimum absolute atomic E-state index is 0.109. The number of aromatic carboxylic acids is 1. The van der Waals surface area contributed by atoms with Crippen LogP contribution < -0.4 is 4.74 Å². The lowest BCUT2D eigenvalue weighted by Crippen LogP contribution is -2.25. The van der Waals surface area contributed by atoms with Crippen LogP contribution in [-0.4, -0.2) is 38.9 Å². The second kappa shape index (κ2) is 8.15. The molecule has 2 heterocycles. The Bertz CT molecular complexity index is 866. The Kier molecular flexibility index (Phi) is 6.30. The second-order valence-corrected chi connectivity index (χ2v) is 6.96. The van der Waals surface area contributed by atoms with Crippen molar-refractivity contribution in [2.75, 3.05) is 0 Å². The van der Waals surface area contributed by atoms with Gasteiger partial charge in [0.15, 0.2) is 5.69 Å². The number of alkyl halides is 4. The fraction of sp³-hybridized carbons (Fsp3) is 0.500. The topological polar surface area (TPSA) is 77.2 Å². The molecule has 0 spiro atoms. The third-order valence-corrected chi connectivity index (χ3v) is 4.31. The van der Waals surface area contributed by atoms with E-state index in [-0.39, 0.29) is 46.9 Å². The molecule has 10 heteroatoms. The summed E-state index contributed by atoms with van der Waals surface area (Å²) in [7, 11) is 0. The molecule has 0 amide bonds. The molecular weight excluding hydrogens is 382 g/mol. The number of hydrogen-bond donors (Lipinski definition) is 1. The van der Waals surface area contributed by atoms with Crippen molar-refractivity contribution in [3.05, 3.63) is 29.2 Å². The van der Waals surface area contributed by atoms with Gasteiger partial charge in [-0.2, -0.15) is 13.9 Å². The number of aryl methyl sites for hydroxylation is 1. The Hall–Kier alpha value is -2.65. The minimum Gasteiger partial charge on any atom is -0.476 e. The first kappa shape index (κ1) is 21.6. The monoisotopic (exact) mass is 403 g/mol. The lowest BCUT2D eigenvalue weighted by molar-refractivity contribution is -0.0496. The highest BCUT2D eigenvalue weighted by molar-refractivity contribution is 5.90. The molecule has 0 radical (unpaired) electrons. The van der Waals surface area contributed by atoms with Crippen molar-refractivity contribution in [2.24, 2.45) is 5.41 Å². The largest absolute Gasteiger partial charge is 0.476 e. The van der Waals surface area contributed by atoms with E-state index in [0.717, 1.165) is 0 Å². The summed E-state index contributed by atoms with van der Waals surface area (Å²) in [5.41, 5.74) is -0.836. The van der Waals surface area contributed by atoms with Gasteiger partial charge >= 0.3 is 12.6 Å². The Balaban J connectivity index is 2.61. The molecule has 0 fully saturated rings. The summed E-state index contributed by atoms with van der Waals surface area (Å²) in [5, 5.41) is 13.2. The molecule has 0 atom stereocenters. The molecule has 28 heavy (non-hydrogen) atoms. The molecule has 0 saturated heterocycles. The van der Waals surface area contributed by atoms with Gasteiger partial charge in [0.25, 0.3) is 0 Å². The van der Waals surface area contributed by atoms with Gasteiger partial charge < -0.3 is 9.84 Å². The van der Waals surface area contributed by atoms with Gasteiger partial charge in [0.2, 0.25) is 6.43 Å². The predicted octanol–water partition coefficient (Wildman–Crippen LogP) is 4.41. The van der Waals surface area contributed by atoms with Gasteiger partial charge in [0.1, 0.15) is 5.75 Å². The zero-order valence-corrected chi connectivity index (χ0v) is 15.8. The van der Waals surface area contributed by atoms with Gasteiger partial charge in [0.05, 0.1) is 11.3 Å². The average molecular weight is 403 g/mol. The quantitative estimate of drug-likeness (QED) is 0.661. The second-order valence-electron chi connectivity index (χ2n) is 6.96. The number of carbonyl (C=O) groups is 1. The van der Waals surface area contributed by atoms with E-state index in [0.29, 0.717) is 0 Å². The van der Waals surface area contributed by atoms with Crippen LogP contribution in [0.4, 0.5) is 17.6 Å². The Labute approximate surface area is 159 Å². The Morgan fingerprint density at radius 1 is 1.32 bits per heavy atom. The first-order valence-corrected chi connectivity index (χ1v) is 8.50. The number of rotatable bonds is 8. The van der Waals surface area contributed by atoms with Crippen LogP contribution in [0.3, 0.4) is 0 Å². The summed E-state index contributed by atoms with van der Waals surface area (Å²) in [6.07, 6.45) is -1.57. The van der Waals surface area contributed by atoms with Crippen LogP contribution in [0, 0.1) is 12.3 Å². The number of nitrogens with zero attached hydrogens (tertiary/aromatic N) is 3. The van der Waals surface area contributed by atoms with E-state index in [4.69, 9.17) is 0 Å². The average Bonchev–Trinajstić information content (AvgIpc) is 2.91. The van der Waals surface area contributed by atoms with E-state index in [1.165, 1.54) is 37.7 Å². The predicted molar refractivity (Wildman–Crippen MR) is 92.9 cm³/mol.